The molecule has 0 spiro atoms. The summed E-state index contributed by atoms with van der Waals surface area (Å²) in [5, 5.41) is 2.70. The molecule has 0 saturated carbocycles. The smallest absolute Gasteiger partial charge is 0.277 e. The molecule has 0 bridgehead atoms. The van der Waals surface area contributed by atoms with Gasteiger partial charge in [0.15, 0.2) is 0 Å². The Hall–Kier alpha value is -1.43. The van der Waals surface area contributed by atoms with Crippen LogP contribution in [0.2, 0.25) is 0 Å². The van der Waals surface area contributed by atoms with Crippen molar-refractivity contribution in [2.24, 2.45) is 5.73 Å². The molecule has 2 N–H and O–H groups in total. The second-order valence-corrected chi connectivity index (χ2v) is 5.31. The zero-order valence-electron chi connectivity index (χ0n) is 11.5. The van der Waals surface area contributed by atoms with Gasteiger partial charge in [0.05, 0.1) is 5.01 Å². The molecule has 108 valence electrons. The number of benzene rings is 1. The monoisotopic (exact) mass is 311 g/mol. The van der Waals surface area contributed by atoms with Gasteiger partial charge in [0.2, 0.25) is 0 Å². The van der Waals surface area contributed by atoms with E-state index in [-0.39, 0.29) is 18.3 Å². The number of halogens is 1. The van der Waals surface area contributed by atoms with Crippen molar-refractivity contribution in [3.63, 3.8) is 0 Å². The van der Waals surface area contributed by atoms with Crippen molar-refractivity contribution < 1.29 is 4.79 Å². The number of aromatic nitrogens is 1. The first-order chi connectivity index (χ1) is 9.11. The molecule has 0 aliphatic carbocycles. The van der Waals surface area contributed by atoms with Crippen molar-refractivity contribution in [3.05, 3.63) is 45.9 Å². The lowest BCUT2D eigenvalue weighted by atomic mass is 10.2. The van der Waals surface area contributed by atoms with Crippen LogP contribution in [0.1, 0.15) is 21.1 Å². The van der Waals surface area contributed by atoms with Gasteiger partial charge >= 0.3 is 0 Å². The third-order valence-electron chi connectivity index (χ3n) is 2.82. The van der Waals surface area contributed by atoms with Crippen molar-refractivity contribution >= 4 is 35.3 Å². The molecule has 0 atom stereocenters. The summed E-state index contributed by atoms with van der Waals surface area (Å²) < 4.78 is 0. The minimum absolute atomic E-state index is 0. The Morgan fingerprint density at radius 3 is 2.85 bits per heavy atom. The number of thiazole rings is 1. The Bertz CT molecular complexity index is 585. The molecule has 20 heavy (non-hydrogen) atoms. The van der Waals surface area contributed by atoms with E-state index >= 15 is 0 Å². The molecular formula is C14H18ClN3OS. The first kappa shape index (κ1) is 16.6. The molecular weight excluding hydrogens is 294 g/mol. The summed E-state index contributed by atoms with van der Waals surface area (Å²) in [6.45, 7) is 2.55. The summed E-state index contributed by atoms with van der Waals surface area (Å²) >= 11 is 1.48. The number of hydrogen-bond donors (Lipinski definition) is 1. The van der Waals surface area contributed by atoms with Gasteiger partial charge in [-0.25, -0.2) is 4.98 Å². The fourth-order valence-corrected chi connectivity index (χ4v) is 2.56. The Labute approximate surface area is 129 Å². The summed E-state index contributed by atoms with van der Waals surface area (Å²) in [4.78, 5) is 18.2. The van der Waals surface area contributed by atoms with E-state index in [0.29, 0.717) is 18.7 Å². The Morgan fingerprint density at radius 2 is 2.20 bits per heavy atom. The number of carbonyl (C=O) groups is 1. The molecule has 2 aromatic rings. The number of hydrogen-bond acceptors (Lipinski definition) is 4. The Morgan fingerprint density at radius 1 is 1.45 bits per heavy atom. The number of nitrogens with two attached hydrogens (primary N) is 1. The van der Waals surface area contributed by atoms with E-state index in [1.807, 2.05) is 31.2 Å². The van der Waals surface area contributed by atoms with Gasteiger partial charge in [-0.15, -0.1) is 23.7 Å². The summed E-state index contributed by atoms with van der Waals surface area (Å²) in [6.07, 6.45) is 0.714. The van der Waals surface area contributed by atoms with Gasteiger partial charge in [0, 0.05) is 24.5 Å². The van der Waals surface area contributed by atoms with Crippen LogP contribution >= 0.6 is 23.7 Å². The molecule has 2 rings (SSSR count). The molecule has 0 radical (unpaired) electrons. The molecule has 0 fully saturated rings. The zero-order valence-corrected chi connectivity index (χ0v) is 13.1. The molecule has 1 aromatic heterocycles. The van der Waals surface area contributed by atoms with Crippen LogP contribution in [0.25, 0.3) is 0 Å². The third kappa shape index (κ3) is 3.79. The SMILES string of the molecule is Cc1cccc(N(C)C(=O)c2csc(CCN)n2)c1.Cl. The zero-order chi connectivity index (χ0) is 13.8. The summed E-state index contributed by atoms with van der Waals surface area (Å²) in [5.41, 5.74) is 7.97. The lowest BCUT2D eigenvalue weighted by Crippen LogP contribution is -2.26. The quantitative estimate of drug-likeness (QED) is 0.944. The van der Waals surface area contributed by atoms with Gasteiger partial charge in [0.25, 0.3) is 5.91 Å². The number of carbonyl (C=O) groups excluding carboxylic acids is 1. The Balaban J connectivity index is 0.00000200. The minimum Gasteiger partial charge on any atom is -0.330 e. The highest BCUT2D eigenvalue weighted by Gasteiger charge is 2.16. The van der Waals surface area contributed by atoms with Crippen molar-refractivity contribution in [1.29, 1.82) is 0 Å². The van der Waals surface area contributed by atoms with E-state index in [1.54, 1.807) is 17.3 Å². The fourth-order valence-electron chi connectivity index (χ4n) is 1.77. The maximum absolute atomic E-state index is 12.3. The molecule has 1 heterocycles. The molecule has 1 aromatic carbocycles. The van der Waals surface area contributed by atoms with Gasteiger partial charge in [-0.3, -0.25) is 4.79 Å². The summed E-state index contributed by atoms with van der Waals surface area (Å²) in [6, 6.07) is 7.84. The van der Waals surface area contributed by atoms with E-state index in [9.17, 15) is 4.79 Å². The van der Waals surface area contributed by atoms with E-state index in [0.717, 1.165) is 16.3 Å². The highest BCUT2D eigenvalue weighted by atomic mass is 35.5. The van der Waals surface area contributed by atoms with Gasteiger partial charge in [-0.1, -0.05) is 12.1 Å². The van der Waals surface area contributed by atoms with Crippen LogP contribution in [-0.4, -0.2) is 24.5 Å². The maximum Gasteiger partial charge on any atom is 0.277 e. The van der Waals surface area contributed by atoms with Crippen molar-refractivity contribution in [2.75, 3.05) is 18.5 Å². The van der Waals surface area contributed by atoms with Gasteiger partial charge in [-0.2, -0.15) is 0 Å². The molecule has 4 nitrogen and oxygen atoms in total. The van der Waals surface area contributed by atoms with Gasteiger partial charge in [0.1, 0.15) is 5.69 Å². The molecule has 0 aliphatic rings. The van der Waals surface area contributed by atoms with E-state index in [4.69, 9.17) is 5.73 Å². The van der Waals surface area contributed by atoms with Crippen LogP contribution in [-0.2, 0) is 6.42 Å². The van der Waals surface area contributed by atoms with Crippen LogP contribution < -0.4 is 10.6 Å². The second kappa shape index (κ2) is 7.38. The molecule has 0 aliphatic heterocycles. The number of aryl methyl sites for hydroxylation is 1. The first-order valence-corrected chi connectivity index (χ1v) is 6.99. The van der Waals surface area contributed by atoms with Crippen LogP contribution in [0.15, 0.2) is 29.6 Å². The fraction of sp³-hybridized carbons (Fsp3) is 0.286. The average Bonchev–Trinajstić information content (AvgIpc) is 2.86. The standard InChI is InChI=1S/C14H17N3OS.ClH/c1-10-4-3-5-11(8-10)17(2)14(18)12-9-19-13(16-12)6-7-15;/h3-5,8-9H,6-7,15H2,1-2H3;1H. The molecule has 6 heteroatoms. The summed E-state index contributed by atoms with van der Waals surface area (Å²) in [5.74, 6) is -0.0925. The number of nitrogens with zero attached hydrogens (tertiary/aromatic N) is 2. The minimum atomic E-state index is -0.0925. The van der Waals surface area contributed by atoms with E-state index < -0.39 is 0 Å². The van der Waals surface area contributed by atoms with Crippen molar-refractivity contribution in [1.82, 2.24) is 4.98 Å². The average molecular weight is 312 g/mol. The molecule has 1 amide bonds. The van der Waals surface area contributed by atoms with Crippen LogP contribution in [0.4, 0.5) is 5.69 Å². The summed E-state index contributed by atoms with van der Waals surface area (Å²) in [7, 11) is 1.76. The number of amides is 1. The van der Waals surface area contributed by atoms with Gasteiger partial charge < -0.3 is 10.6 Å². The lowest BCUT2D eigenvalue weighted by Gasteiger charge is -2.16. The second-order valence-electron chi connectivity index (χ2n) is 4.37. The topological polar surface area (TPSA) is 59.2 Å². The lowest BCUT2D eigenvalue weighted by molar-refractivity contribution is 0.0989. The number of rotatable bonds is 4. The first-order valence-electron chi connectivity index (χ1n) is 6.11. The maximum atomic E-state index is 12.3. The molecule has 0 saturated heterocycles. The number of anilines is 1. The van der Waals surface area contributed by atoms with Crippen molar-refractivity contribution in [3.8, 4) is 0 Å². The Kier molecular flexibility index (Phi) is 6.13. The largest absolute Gasteiger partial charge is 0.330 e. The molecule has 0 unspecified atom stereocenters. The highest BCUT2D eigenvalue weighted by Crippen LogP contribution is 2.18. The van der Waals surface area contributed by atoms with Crippen LogP contribution in [0.5, 0.6) is 0 Å². The third-order valence-corrected chi connectivity index (χ3v) is 3.73. The highest BCUT2D eigenvalue weighted by molar-refractivity contribution is 7.09. The predicted molar refractivity (Wildman–Crippen MR) is 86.0 cm³/mol. The van der Waals surface area contributed by atoms with E-state index in [1.165, 1.54) is 11.3 Å². The predicted octanol–water partition coefficient (Wildman–Crippen LogP) is 2.65. The van der Waals surface area contributed by atoms with Crippen LogP contribution in [0.3, 0.4) is 0 Å². The van der Waals surface area contributed by atoms with Crippen LogP contribution in [0, 0.1) is 6.92 Å². The van der Waals surface area contributed by atoms with Crippen molar-refractivity contribution in [2.45, 2.75) is 13.3 Å². The van der Waals surface area contributed by atoms with Gasteiger partial charge in [-0.05, 0) is 31.2 Å². The van der Waals surface area contributed by atoms with E-state index in [2.05, 4.69) is 4.98 Å². The normalized spacial score (nSPS) is 9.95.